The Morgan fingerprint density at radius 3 is 2.32 bits per heavy atom. The Kier molecular flexibility index (Phi) is 3.33. The number of carbonyl (C=O) groups excluding carboxylic acids is 1. The first-order valence-electron chi connectivity index (χ1n) is 6.02. The van der Waals surface area contributed by atoms with Gasteiger partial charge in [0.15, 0.2) is 0 Å². The highest BCUT2D eigenvalue weighted by Gasteiger charge is 2.21. The van der Waals surface area contributed by atoms with Crippen LogP contribution in [0.3, 0.4) is 0 Å². The van der Waals surface area contributed by atoms with Crippen molar-refractivity contribution in [3.05, 3.63) is 30.6 Å². The number of nitrogens with zero attached hydrogens (tertiary/aromatic N) is 4. The Labute approximate surface area is 111 Å². The average Bonchev–Trinajstić information content (AvgIpc) is 2.75. The Balaban J connectivity index is 2.16. The molecule has 0 bridgehead atoms. The molecule has 1 amide bonds. The second kappa shape index (κ2) is 4.79. The molecule has 0 fully saturated rings. The van der Waals surface area contributed by atoms with Crippen molar-refractivity contribution in [1.82, 2.24) is 19.5 Å². The molecule has 0 spiro atoms. The molecule has 2 rings (SSSR count). The van der Waals surface area contributed by atoms with Crippen LogP contribution < -0.4 is 5.32 Å². The fourth-order valence-electron chi connectivity index (χ4n) is 1.42. The van der Waals surface area contributed by atoms with E-state index in [0.717, 1.165) is 5.82 Å². The van der Waals surface area contributed by atoms with Gasteiger partial charge in [-0.1, -0.05) is 20.8 Å². The molecule has 19 heavy (non-hydrogen) atoms. The van der Waals surface area contributed by atoms with E-state index in [1.165, 1.54) is 0 Å². The van der Waals surface area contributed by atoms with Crippen molar-refractivity contribution in [3.63, 3.8) is 0 Å². The SMILES string of the molecule is Cc1nccn1-c1ncc(NC(=O)C(C)(C)C)cn1. The van der Waals surface area contributed by atoms with E-state index in [1.54, 1.807) is 29.4 Å². The molecule has 2 aromatic rings. The van der Waals surface area contributed by atoms with E-state index in [9.17, 15) is 4.79 Å². The summed E-state index contributed by atoms with van der Waals surface area (Å²) in [6.45, 7) is 7.43. The molecule has 0 saturated heterocycles. The summed E-state index contributed by atoms with van der Waals surface area (Å²) in [7, 11) is 0. The van der Waals surface area contributed by atoms with Crippen molar-refractivity contribution in [2.24, 2.45) is 5.41 Å². The molecule has 0 aliphatic rings. The van der Waals surface area contributed by atoms with Crippen molar-refractivity contribution >= 4 is 11.6 Å². The Morgan fingerprint density at radius 1 is 1.21 bits per heavy atom. The number of hydrogen-bond acceptors (Lipinski definition) is 4. The summed E-state index contributed by atoms with van der Waals surface area (Å²) in [5.74, 6) is 1.28. The molecule has 0 atom stereocenters. The zero-order valence-corrected chi connectivity index (χ0v) is 11.5. The van der Waals surface area contributed by atoms with Gasteiger partial charge in [-0.05, 0) is 6.92 Å². The van der Waals surface area contributed by atoms with Crippen LogP contribution in [0, 0.1) is 12.3 Å². The Bertz CT molecular complexity index is 580. The lowest BCUT2D eigenvalue weighted by Gasteiger charge is -2.17. The van der Waals surface area contributed by atoms with Crippen LogP contribution in [0.25, 0.3) is 5.95 Å². The van der Waals surface area contributed by atoms with E-state index in [2.05, 4.69) is 20.3 Å². The van der Waals surface area contributed by atoms with Gasteiger partial charge in [-0.3, -0.25) is 9.36 Å². The number of imidazole rings is 1. The van der Waals surface area contributed by atoms with Crippen molar-refractivity contribution in [2.75, 3.05) is 5.32 Å². The molecule has 0 aromatic carbocycles. The normalized spacial score (nSPS) is 11.4. The average molecular weight is 259 g/mol. The van der Waals surface area contributed by atoms with E-state index >= 15 is 0 Å². The van der Waals surface area contributed by atoms with Crippen LogP contribution in [-0.2, 0) is 4.79 Å². The van der Waals surface area contributed by atoms with Gasteiger partial charge in [0.1, 0.15) is 5.82 Å². The molecular weight excluding hydrogens is 242 g/mol. The Morgan fingerprint density at radius 2 is 1.84 bits per heavy atom. The maximum absolute atomic E-state index is 11.8. The number of hydrogen-bond donors (Lipinski definition) is 1. The van der Waals surface area contributed by atoms with Crippen molar-refractivity contribution in [3.8, 4) is 5.95 Å². The van der Waals surface area contributed by atoms with Crippen LogP contribution in [0.15, 0.2) is 24.8 Å². The topological polar surface area (TPSA) is 72.7 Å². The maximum atomic E-state index is 11.8. The standard InChI is InChI=1S/C13H17N5O/c1-9-14-5-6-18(9)12-15-7-10(8-16-12)17-11(19)13(2,3)4/h5-8H,1-4H3,(H,17,19). The minimum atomic E-state index is -0.445. The zero-order valence-electron chi connectivity index (χ0n) is 11.5. The summed E-state index contributed by atoms with van der Waals surface area (Å²) < 4.78 is 1.77. The van der Waals surface area contributed by atoms with Crippen LogP contribution >= 0.6 is 0 Å². The molecule has 2 aromatic heterocycles. The van der Waals surface area contributed by atoms with Gasteiger partial charge < -0.3 is 5.32 Å². The summed E-state index contributed by atoms with van der Waals surface area (Å²) in [5, 5.41) is 2.78. The van der Waals surface area contributed by atoms with Gasteiger partial charge in [0.2, 0.25) is 11.9 Å². The lowest BCUT2D eigenvalue weighted by molar-refractivity contribution is -0.123. The van der Waals surface area contributed by atoms with Gasteiger partial charge in [-0.15, -0.1) is 0 Å². The summed E-state index contributed by atoms with van der Waals surface area (Å²) in [5.41, 5.74) is 0.140. The van der Waals surface area contributed by atoms with Crippen LogP contribution in [0.4, 0.5) is 5.69 Å². The lowest BCUT2D eigenvalue weighted by Crippen LogP contribution is -2.27. The fraction of sp³-hybridized carbons (Fsp3) is 0.385. The second-order valence-corrected chi connectivity index (χ2v) is 5.32. The first-order valence-corrected chi connectivity index (χ1v) is 6.02. The highest BCUT2D eigenvalue weighted by molar-refractivity contribution is 5.94. The van der Waals surface area contributed by atoms with Crippen LogP contribution in [0.5, 0.6) is 0 Å². The third kappa shape index (κ3) is 2.96. The third-order valence-electron chi connectivity index (χ3n) is 2.62. The predicted octanol–water partition coefficient (Wildman–Crippen LogP) is 1.96. The third-order valence-corrected chi connectivity index (χ3v) is 2.62. The number of carbonyl (C=O) groups is 1. The molecule has 6 nitrogen and oxygen atoms in total. The summed E-state index contributed by atoms with van der Waals surface area (Å²) in [6, 6.07) is 0. The quantitative estimate of drug-likeness (QED) is 0.894. The maximum Gasteiger partial charge on any atom is 0.235 e. The minimum absolute atomic E-state index is 0.0670. The van der Waals surface area contributed by atoms with Crippen LogP contribution in [0.2, 0.25) is 0 Å². The second-order valence-electron chi connectivity index (χ2n) is 5.32. The monoisotopic (exact) mass is 259 g/mol. The van der Waals surface area contributed by atoms with Crippen molar-refractivity contribution < 1.29 is 4.79 Å². The van der Waals surface area contributed by atoms with Gasteiger partial charge in [0.05, 0.1) is 18.1 Å². The van der Waals surface area contributed by atoms with Gasteiger partial charge in [-0.2, -0.15) is 0 Å². The number of nitrogens with one attached hydrogen (secondary N) is 1. The fourth-order valence-corrected chi connectivity index (χ4v) is 1.42. The van der Waals surface area contributed by atoms with E-state index in [4.69, 9.17) is 0 Å². The zero-order chi connectivity index (χ0) is 14.0. The largest absolute Gasteiger partial charge is 0.323 e. The molecule has 0 saturated carbocycles. The molecule has 0 unspecified atom stereocenters. The number of aromatic nitrogens is 4. The van der Waals surface area contributed by atoms with Crippen LogP contribution in [0.1, 0.15) is 26.6 Å². The molecule has 0 aliphatic heterocycles. The molecule has 1 N–H and O–H groups in total. The van der Waals surface area contributed by atoms with Gasteiger partial charge >= 0.3 is 0 Å². The molecule has 6 heteroatoms. The molecule has 0 radical (unpaired) electrons. The summed E-state index contributed by atoms with van der Waals surface area (Å²) in [6.07, 6.45) is 6.66. The van der Waals surface area contributed by atoms with Gasteiger partial charge in [0, 0.05) is 17.8 Å². The number of anilines is 1. The molecule has 100 valence electrons. The highest BCUT2D eigenvalue weighted by atomic mass is 16.2. The molecule has 2 heterocycles. The van der Waals surface area contributed by atoms with Gasteiger partial charge in [0.25, 0.3) is 0 Å². The first-order chi connectivity index (χ1) is 8.88. The van der Waals surface area contributed by atoms with Crippen LogP contribution in [-0.4, -0.2) is 25.4 Å². The highest BCUT2D eigenvalue weighted by Crippen LogP contribution is 2.16. The minimum Gasteiger partial charge on any atom is -0.323 e. The first kappa shape index (κ1) is 13.2. The van der Waals surface area contributed by atoms with E-state index < -0.39 is 5.41 Å². The van der Waals surface area contributed by atoms with E-state index in [1.807, 2.05) is 27.7 Å². The van der Waals surface area contributed by atoms with Gasteiger partial charge in [-0.25, -0.2) is 15.0 Å². The number of rotatable bonds is 2. The smallest absolute Gasteiger partial charge is 0.235 e. The number of aryl methyl sites for hydroxylation is 1. The summed E-state index contributed by atoms with van der Waals surface area (Å²) in [4.78, 5) is 24.4. The summed E-state index contributed by atoms with van der Waals surface area (Å²) >= 11 is 0. The lowest BCUT2D eigenvalue weighted by atomic mass is 9.96. The van der Waals surface area contributed by atoms with Crippen molar-refractivity contribution in [2.45, 2.75) is 27.7 Å². The van der Waals surface area contributed by atoms with E-state index in [-0.39, 0.29) is 5.91 Å². The molecular formula is C13H17N5O. The predicted molar refractivity (Wildman–Crippen MR) is 72.0 cm³/mol. The number of amides is 1. The van der Waals surface area contributed by atoms with Crippen molar-refractivity contribution in [1.29, 1.82) is 0 Å². The Hall–Kier alpha value is -2.24. The van der Waals surface area contributed by atoms with E-state index in [0.29, 0.717) is 11.6 Å². The molecule has 0 aliphatic carbocycles.